The first-order valence-corrected chi connectivity index (χ1v) is 8.76. The van der Waals surface area contributed by atoms with E-state index in [4.69, 9.17) is 0 Å². The van der Waals surface area contributed by atoms with Gasteiger partial charge in [0.25, 0.3) is 5.91 Å². The number of pyridine rings is 1. The molecule has 2 aromatic rings. The number of carbonyl (C=O) groups is 1. The van der Waals surface area contributed by atoms with Crippen LogP contribution in [-0.2, 0) is 0 Å². The molecule has 2 heterocycles. The predicted octanol–water partition coefficient (Wildman–Crippen LogP) is 1.92. The maximum absolute atomic E-state index is 12.8. The molecule has 2 saturated carbocycles. The molecular weight excluding hydrogens is 302 g/mol. The van der Waals surface area contributed by atoms with Crippen molar-refractivity contribution in [2.45, 2.75) is 37.8 Å². The van der Waals surface area contributed by atoms with Gasteiger partial charge in [0.05, 0.1) is 0 Å². The van der Waals surface area contributed by atoms with Crippen molar-refractivity contribution in [1.82, 2.24) is 24.4 Å². The van der Waals surface area contributed by atoms with Crippen LogP contribution < -0.4 is 0 Å². The highest BCUT2D eigenvalue weighted by Gasteiger charge is 2.44. The summed E-state index contributed by atoms with van der Waals surface area (Å²) in [7, 11) is 6.31. The van der Waals surface area contributed by atoms with Crippen molar-refractivity contribution >= 4 is 11.6 Å². The van der Waals surface area contributed by atoms with Crippen molar-refractivity contribution in [2.75, 3.05) is 21.1 Å². The van der Waals surface area contributed by atoms with Crippen LogP contribution in [0.2, 0.25) is 0 Å². The van der Waals surface area contributed by atoms with Gasteiger partial charge >= 0.3 is 0 Å². The Labute approximate surface area is 142 Å². The second-order valence-electron chi connectivity index (χ2n) is 7.63. The van der Waals surface area contributed by atoms with Gasteiger partial charge in [-0.1, -0.05) is 0 Å². The Bertz CT molecular complexity index is 741. The van der Waals surface area contributed by atoms with Gasteiger partial charge in [0.2, 0.25) is 0 Å². The van der Waals surface area contributed by atoms with E-state index in [2.05, 4.69) is 29.1 Å². The van der Waals surface area contributed by atoms with Crippen LogP contribution in [0.25, 0.3) is 5.65 Å². The molecular formula is C18H25N5O. The van der Waals surface area contributed by atoms with E-state index in [1.807, 2.05) is 24.1 Å². The van der Waals surface area contributed by atoms with Crippen LogP contribution in [-0.4, -0.2) is 63.5 Å². The van der Waals surface area contributed by atoms with Crippen molar-refractivity contribution in [3.05, 3.63) is 30.2 Å². The van der Waals surface area contributed by atoms with Crippen LogP contribution >= 0.6 is 0 Å². The van der Waals surface area contributed by atoms with Crippen molar-refractivity contribution in [2.24, 2.45) is 11.8 Å². The van der Waals surface area contributed by atoms with Crippen LogP contribution in [0.1, 0.15) is 36.0 Å². The molecule has 0 radical (unpaired) electrons. The SMILES string of the molecule is CN(C)C1C[C@@H]2CC(N(C)C(=O)c3ccn4ncnc4c3)C[C@@H]2C1. The second kappa shape index (κ2) is 5.84. The molecule has 24 heavy (non-hydrogen) atoms. The molecule has 0 spiro atoms. The summed E-state index contributed by atoms with van der Waals surface area (Å²) in [6.45, 7) is 0. The molecule has 0 bridgehead atoms. The molecule has 1 amide bonds. The Morgan fingerprint density at radius 3 is 2.46 bits per heavy atom. The monoisotopic (exact) mass is 327 g/mol. The Morgan fingerprint density at radius 1 is 1.12 bits per heavy atom. The van der Waals surface area contributed by atoms with Gasteiger partial charge in [-0.15, -0.1) is 0 Å². The summed E-state index contributed by atoms with van der Waals surface area (Å²) in [6, 6.07) is 4.74. The smallest absolute Gasteiger partial charge is 0.254 e. The zero-order valence-corrected chi connectivity index (χ0v) is 14.6. The zero-order chi connectivity index (χ0) is 16.8. The molecule has 0 N–H and O–H groups in total. The number of hydrogen-bond donors (Lipinski definition) is 0. The Kier molecular flexibility index (Phi) is 3.79. The number of fused-ring (bicyclic) bond motifs is 2. The lowest BCUT2D eigenvalue weighted by atomic mass is 10.0. The lowest BCUT2D eigenvalue weighted by Gasteiger charge is -2.27. The highest BCUT2D eigenvalue weighted by Crippen LogP contribution is 2.46. The number of carbonyl (C=O) groups excluding carboxylic acids is 1. The topological polar surface area (TPSA) is 53.7 Å². The maximum atomic E-state index is 12.8. The fraction of sp³-hybridized carbons (Fsp3) is 0.611. The van der Waals surface area contributed by atoms with Crippen LogP contribution in [0.4, 0.5) is 0 Å². The third-order valence-corrected chi connectivity index (χ3v) is 6.09. The van der Waals surface area contributed by atoms with E-state index < -0.39 is 0 Å². The maximum Gasteiger partial charge on any atom is 0.254 e. The highest BCUT2D eigenvalue weighted by molar-refractivity contribution is 5.95. The van der Waals surface area contributed by atoms with Crippen LogP contribution in [0.5, 0.6) is 0 Å². The summed E-state index contributed by atoms with van der Waals surface area (Å²) in [5, 5.41) is 4.08. The first-order valence-electron chi connectivity index (χ1n) is 8.76. The van der Waals surface area contributed by atoms with Crippen molar-refractivity contribution in [1.29, 1.82) is 0 Å². The van der Waals surface area contributed by atoms with Crippen molar-refractivity contribution in [3.8, 4) is 0 Å². The van der Waals surface area contributed by atoms with Crippen molar-refractivity contribution < 1.29 is 4.79 Å². The zero-order valence-electron chi connectivity index (χ0n) is 14.6. The number of aromatic nitrogens is 3. The fourth-order valence-electron chi connectivity index (χ4n) is 4.61. The van der Waals surface area contributed by atoms with Crippen LogP contribution in [0.3, 0.4) is 0 Å². The first-order chi connectivity index (χ1) is 11.5. The largest absolute Gasteiger partial charge is 0.339 e. The van der Waals surface area contributed by atoms with Gasteiger partial charge in [-0.25, -0.2) is 9.50 Å². The molecule has 0 aliphatic heterocycles. The average molecular weight is 327 g/mol. The molecule has 6 nitrogen and oxygen atoms in total. The average Bonchev–Trinajstić information content (AvgIpc) is 3.25. The standard InChI is InChI=1S/C18H25N5O/c1-21(2)15-6-13-8-16(9-14(13)7-15)22(3)18(24)12-4-5-23-17(10-12)19-11-20-23/h4-5,10-11,13-16H,6-9H2,1-3H3/t13-,14+,15?,16?. The minimum Gasteiger partial charge on any atom is -0.339 e. The lowest BCUT2D eigenvalue weighted by Crippen LogP contribution is -2.36. The Balaban J connectivity index is 1.45. The summed E-state index contributed by atoms with van der Waals surface area (Å²) in [5.41, 5.74) is 1.41. The third-order valence-electron chi connectivity index (χ3n) is 6.09. The molecule has 4 rings (SSSR count). The molecule has 2 unspecified atom stereocenters. The quantitative estimate of drug-likeness (QED) is 0.864. The number of rotatable bonds is 3. The summed E-state index contributed by atoms with van der Waals surface area (Å²) in [5.74, 6) is 1.64. The predicted molar refractivity (Wildman–Crippen MR) is 91.8 cm³/mol. The first kappa shape index (κ1) is 15.6. The van der Waals surface area contributed by atoms with E-state index in [-0.39, 0.29) is 5.91 Å². The van der Waals surface area contributed by atoms with E-state index in [0.29, 0.717) is 17.3 Å². The lowest BCUT2D eigenvalue weighted by molar-refractivity contribution is 0.0726. The number of nitrogens with zero attached hydrogens (tertiary/aromatic N) is 5. The minimum absolute atomic E-state index is 0.0923. The van der Waals surface area contributed by atoms with Gasteiger partial charge < -0.3 is 9.80 Å². The van der Waals surface area contributed by atoms with E-state index in [1.54, 1.807) is 10.7 Å². The number of amides is 1. The fourth-order valence-corrected chi connectivity index (χ4v) is 4.61. The summed E-state index contributed by atoms with van der Waals surface area (Å²) >= 11 is 0. The van der Waals surface area contributed by atoms with E-state index in [1.165, 1.54) is 19.2 Å². The van der Waals surface area contributed by atoms with Gasteiger partial charge in [0.1, 0.15) is 6.33 Å². The Hall–Kier alpha value is -1.95. The molecule has 0 aromatic carbocycles. The molecule has 2 aliphatic carbocycles. The van der Waals surface area contributed by atoms with Crippen LogP contribution in [0, 0.1) is 11.8 Å². The summed E-state index contributed by atoms with van der Waals surface area (Å²) in [6.07, 6.45) is 8.15. The third kappa shape index (κ3) is 2.59. The Morgan fingerprint density at radius 2 is 1.79 bits per heavy atom. The molecule has 0 saturated heterocycles. The van der Waals surface area contributed by atoms with E-state index >= 15 is 0 Å². The number of hydrogen-bond acceptors (Lipinski definition) is 4. The van der Waals surface area contributed by atoms with Gasteiger partial charge in [-0.2, -0.15) is 5.10 Å². The molecule has 6 heteroatoms. The van der Waals surface area contributed by atoms with Crippen LogP contribution in [0.15, 0.2) is 24.7 Å². The summed E-state index contributed by atoms with van der Waals surface area (Å²) < 4.78 is 1.68. The molecule has 128 valence electrons. The normalized spacial score (nSPS) is 29.3. The minimum atomic E-state index is 0.0923. The summed E-state index contributed by atoms with van der Waals surface area (Å²) in [4.78, 5) is 21.3. The van der Waals surface area contributed by atoms with E-state index in [0.717, 1.165) is 30.7 Å². The second-order valence-corrected chi connectivity index (χ2v) is 7.63. The van der Waals surface area contributed by atoms with Gasteiger partial charge in [0, 0.05) is 30.9 Å². The van der Waals surface area contributed by atoms with Crippen molar-refractivity contribution in [3.63, 3.8) is 0 Å². The van der Waals surface area contributed by atoms with Gasteiger partial charge in [-0.05, 0) is 63.7 Å². The highest BCUT2D eigenvalue weighted by atomic mass is 16.2. The molecule has 4 atom stereocenters. The molecule has 2 aromatic heterocycles. The van der Waals surface area contributed by atoms with Gasteiger partial charge in [0.15, 0.2) is 5.65 Å². The van der Waals surface area contributed by atoms with E-state index in [9.17, 15) is 4.79 Å². The molecule has 2 fully saturated rings. The molecule has 2 aliphatic rings. The van der Waals surface area contributed by atoms with Gasteiger partial charge in [-0.3, -0.25) is 4.79 Å².